The number of hydrogen-bond donors (Lipinski definition) is 0. The number of ether oxygens (including phenoxy) is 1. The monoisotopic (exact) mass is 384 g/mol. The quantitative estimate of drug-likeness (QED) is 0.534. The van der Waals surface area contributed by atoms with Crippen LogP contribution in [0.25, 0.3) is 0 Å². The second kappa shape index (κ2) is 6.58. The number of halogens is 8. The number of hydrogen-bond acceptors (Lipinski definition) is 2. The maximum Gasteiger partial charge on any atom is 0.420 e. The fourth-order valence-electron chi connectivity index (χ4n) is 2.21. The molecule has 0 N–H and O–H groups in total. The van der Waals surface area contributed by atoms with Crippen LogP contribution in [0.2, 0.25) is 0 Å². The van der Waals surface area contributed by atoms with Crippen LogP contribution in [0.3, 0.4) is 0 Å². The molecule has 0 saturated heterocycles. The summed E-state index contributed by atoms with van der Waals surface area (Å²) in [6.45, 7) is 0. The third kappa shape index (κ3) is 3.78. The van der Waals surface area contributed by atoms with Crippen LogP contribution < -0.4 is 4.74 Å². The Morgan fingerprint density at radius 3 is 1.96 bits per heavy atom. The predicted octanol–water partition coefficient (Wildman–Crippen LogP) is 5.24. The second-order valence-electron chi connectivity index (χ2n) is 5.05. The van der Waals surface area contributed by atoms with Crippen LogP contribution in [0.15, 0.2) is 30.3 Å². The highest BCUT2D eigenvalue weighted by Crippen LogP contribution is 2.43. The highest BCUT2D eigenvalue weighted by molar-refractivity contribution is 6.11. The van der Waals surface area contributed by atoms with E-state index in [0.717, 1.165) is 7.11 Å². The fourth-order valence-corrected chi connectivity index (χ4v) is 2.21. The van der Waals surface area contributed by atoms with Crippen molar-refractivity contribution in [2.24, 2.45) is 0 Å². The van der Waals surface area contributed by atoms with Crippen LogP contribution in [0, 0.1) is 11.6 Å². The zero-order chi connectivity index (χ0) is 19.9. The number of benzene rings is 2. The molecule has 0 atom stereocenters. The predicted molar refractivity (Wildman–Crippen MR) is 72.8 cm³/mol. The average molecular weight is 384 g/mol. The third-order valence-electron chi connectivity index (χ3n) is 3.35. The Labute approximate surface area is 141 Å². The van der Waals surface area contributed by atoms with E-state index in [4.69, 9.17) is 0 Å². The standard InChI is InChI=1S/C16H8F8O2/c1-26-14-10(13(25)9-3-2-8(17)6-12(9)18)4-7(15(19,20)21)5-11(14)16(22,23)24/h2-6H,1H3. The highest BCUT2D eigenvalue weighted by Gasteiger charge is 2.41. The zero-order valence-electron chi connectivity index (χ0n) is 12.7. The molecule has 2 rings (SSSR count). The summed E-state index contributed by atoms with van der Waals surface area (Å²) in [5.41, 5.74) is -5.67. The molecule has 2 nitrogen and oxygen atoms in total. The van der Waals surface area contributed by atoms with Gasteiger partial charge in [0.05, 0.1) is 29.4 Å². The Bertz CT molecular complexity index is 853. The Morgan fingerprint density at radius 1 is 0.885 bits per heavy atom. The van der Waals surface area contributed by atoms with Gasteiger partial charge >= 0.3 is 12.4 Å². The molecule has 0 aliphatic heterocycles. The normalized spacial score (nSPS) is 12.2. The summed E-state index contributed by atoms with van der Waals surface area (Å²) >= 11 is 0. The number of carbonyl (C=O) groups is 1. The summed E-state index contributed by atoms with van der Waals surface area (Å²) in [6.07, 6.45) is -10.5. The van der Waals surface area contributed by atoms with Gasteiger partial charge in [0, 0.05) is 6.07 Å². The molecule has 0 unspecified atom stereocenters. The molecule has 2 aromatic carbocycles. The van der Waals surface area contributed by atoms with Crippen molar-refractivity contribution >= 4 is 5.78 Å². The van der Waals surface area contributed by atoms with Crippen LogP contribution in [0.1, 0.15) is 27.0 Å². The van der Waals surface area contributed by atoms with Gasteiger partial charge in [-0.1, -0.05) is 0 Å². The van der Waals surface area contributed by atoms with E-state index in [1.54, 1.807) is 0 Å². The van der Waals surface area contributed by atoms with Gasteiger partial charge in [-0.2, -0.15) is 26.3 Å². The molecule has 0 saturated carbocycles. The van der Waals surface area contributed by atoms with Gasteiger partial charge in [-0.3, -0.25) is 4.79 Å². The summed E-state index contributed by atoms with van der Waals surface area (Å²) < 4.78 is 109. The molecule has 10 heteroatoms. The number of alkyl halides is 6. The van der Waals surface area contributed by atoms with Crippen molar-refractivity contribution in [2.45, 2.75) is 12.4 Å². The molecular weight excluding hydrogens is 376 g/mol. The maximum absolute atomic E-state index is 13.7. The van der Waals surface area contributed by atoms with Crippen LogP contribution in [-0.4, -0.2) is 12.9 Å². The minimum Gasteiger partial charge on any atom is -0.495 e. The van der Waals surface area contributed by atoms with Crippen LogP contribution in [0.4, 0.5) is 35.1 Å². The summed E-state index contributed by atoms with van der Waals surface area (Å²) in [5.74, 6) is -5.23. The number of carbonyl (C=O) groups excluding carboxylic acids is 1. The number of methoxy groups -OCH3 is 1. The molecule has 0 fully saturated rings. The molecule has 0 heterocycles. The van der Waals surface area contributed by atoms with E-state index in [0.29, 0.717) is 12.1 Å². The Balaban J connectivity index is 2.79. The molecule has 0 amide bonds. The lowest BCUT2D eigenvalue weighted by Crippen LogP contribution is -2.17. The van der Waals surface area contributed by atoms with E-state index in [2.05, 4.69) is 4.74 Å². The van der Waals surface area contributed by atoms with Crippen molar-refractivity contribution in [1.29, 1.82) is 0 Å². The highest BCUT2D eigenvalue weighted by atomic mass is 19.4. The Morgan fingerprint density at radius 2 is 1.50 bits per heavy atom. The summed E-state index contributed by atoms with van der Waals surface area (Å²) in [6, 6.07) is 1.44. The molecule has 0 bridgehead atoms. The fraction of sp³-hybridized carbons (Fsp3) is 0.188. The van der Waals surface area contributed by atoms with Crippen molar-refractivity contribution in [3.05, 3.63) is 64.2 Å². The minimum absolute atomic E-state index is 0.124. The van der Waals surface area contributed by atoms with E-state index in [-0.39, 0.29) is 18.2 Å². The largest absolute Gasteiger partial charge is 0.495 e. The summed E-state index contributed by atoms with van der Waals surface area (Å²) in [5, 5.41) is 0. The van der Waals surface area contributed by atoms with Gasteiger partial charge in [0.1, 0.15) is 17.4 Å². The van der Waals surface area contributed by atoms with Crippen LogP contribution in [0.5, 0.6) is 5.75 Å². The lowest BCUT2D eigenvalue weighted by atomic mass is 9.96. The van der Waals surface area contributed by atoms with E-state index in [1.807, 2.05) is 0 Å². The smallest absolute Gasteiger partial charge is 0.420 e. The molecule has 2 aromatic rings. The second-order valence-corrected chi connectivity index (χ2v) is 5.05. The van der Waals surface area contributed by atoms with E-state index >= 15 is 0 Å². The zero-order valence-corrected chi connectivity index (χ0v) is 12.7. The van der Waals surface area contributed by atoms with Gasteiger partial charge in [-0.25, -0.2) is 8.78 Å². The molecule has 0 aromatic heterocycles. The average Bonchev–Trinajstić information content (AvgIpc) is 2.51. The van der Waals surface area contributed by atoms with E-state index < -0.39 is 57.8 Å². The van der Waals surface area contributed by atoms with Crippen molar-refractivity contribution in [3.63, 3.8) is 0 Å². The number of ketones is 1. The van der Waals surface area contributed by atoms with E-state index in [9.17, 15) is 39.9 Å². The lowest BCUT2D eigenvalue weighted by molar-refractivity contribution is -0.143. The van der Waals surface area contributed by atoms with Crippen molar-refractivity contribution in [1.82, 2.24) is 0 Å². The first-order valence-corrected chi connectivity index (χ1v) is 6.72. The molecule has 140 valence electrons. The molecule has 26 heavy (non-hydrogen) atoms. The van der Waals surface area contributed by atoms with Gasteiger partial charge in [-0.15, -0.1) is 0 Å². The third-order valence-corrected chi connectivity index (χ3v) is 3.35. The maximum atomic E-state index is 13.7. The molecular formula is C16H8F8O2. The van der Waals surface area contributed by atoms with Crippen molar-refractivity contribution in [3.8, 4) is 5.75 Å². The Hall–Kier alpha value is -2.65. The van der Waals surface area contributed by atoms with Gasteiger partial charge in [0.25, 0.3) is 0 Å². The van der Waals surface area contributed by atoms with Crippen LogP contribution in [-0.2, 0) is 12.4 Å². The van der Waals surface area contributed by atoms with Gasteiger partial charge in [0.2, 0.25) is 0 Å². The Kier molecular flexibility index (Phi) is 4.98. The van der Waals surface area contributed by atoms with E-state index in [1.165, 1.54) is 0 Å². The van der Waals surface area contributed by atoms with Crippen molar-refractivity contribution in [2.75, 3.05) is 7.11 Å². The SMILES string of the molecule is COc1c(C(=O)c2ccc(F)cc2F)cc(C(F)(F)F)cc1C(F)(F)F. The van der Waals surface area contributed by atoms with Gasteiger partial charge in [0.15, 0.2) is 5.78 Å². The van der Waals surface area contributed by atoms with Crippen molar-refractivity contribution < 1.29 is 44.7 Å². The molecule has 0 radical (unpaired) electrons. The molecule has 0 spiro atoms. The first-order chi connectivity index (χ1) is 11.9. The summed E-state index contributed by atoms with van der Waals surface area (Å²) in [7, 11) is 0.718. The van der Waals surface area contributed by atoms with Gasteiger partial charge in [-0.05, 0) is 24.3 Å². The number of rotatable bonds is 3. The van der Waals surface area contributed by atoms with Gasteiger partial charge < -0.3 is 4.74 Å². The first kappa shape index (κ1) is 19.7. The molecule has 0 aliphatic rings. The first-order valence-electron chi connectivity index (χ1n) is 6.72. The minimum atomic E-state index is -5.27. The van der Waals surface area contributed by atoms with Crippen LogP contribution >= 0.6 is 0 Å². The summed E-state index contributed by atoms with van der Waals surface area (Å²) in [4.78, 5) is 12.3. The molecule has 0 aliphatic carbocycles. The lowest BCUT2D eigenvalue weighted by Gasteiger charge is -2.18. The topological polar surface area (TPSA) is 26.3 Å².